The molecule has 0 saturated carbocycles. The molecule has 2 atom stereocenters. The SMILES string of the molecule is CCOC(=O)C(N)C(=O)NCC(CC)CCO. The first-order valence-corrected chi connectivity index (χ1v) is 5.87. The van der Waals surface area contributed by atoms with Gasteiger partial charge in [-0.3, -0.25) is 4.79 Å². The lowest BCUT2D eigenvalue weighted by atomic mass is 10.0. The first-order valence-electron chi connectivity index (χ1n) is 5.87. The number of aliphatic hydroxyl groups excluding tert-OH is 1. The topological polar surface area (TPSA) is 102 Å². The van der Waals surface area contributed by atoms with Crippen molar-refractivity contribution in [1.82, 2.24) is 5.32 Å². The Hall–Kier alpha value is -1.14. The van der Waals surface area contributed by atoms with Gasteiger partial charge < -0.3 is 20.9 Å². The number of carbonyl (C=O) groups is 2. The van der Waals surface area contributed by atoms with Crippen molar-refractivity contribution in [2.24, 2.45) is 11.7 Å². The second-order valence-electron chi connectivity index (χ2n) is 3.76. The van der Waals surface area contributed by atoms with E-state index in [1.807, 2.05) is 6.92 Å². The first kappa shape index (κ1) is 15.9. The summed E-state index contributed by atoms with van der Waals surface area (Å²) < 4.78 is 4.64. The third-order valence-electron chi connectivity index (χ3n) is 2.50. The predicted octanol–water partition coefficient (Wildman–Crippen LogP) is -0.598. The van der Waals surface area contributed by atoms with Gasteiger partial charge in [0.25, 0.3) is 0 Å². The summed E-state index contributed by atoms with van der Waals surface area (Å²) in [6.45, 7) is 4.30. The molecule has 0 aromatic carbocycles. The van der Waals surface area contributed by atoms with Crippen molar-refractivity contribution >= 4 is 11.9 Å². The van der Waals surface area contributed by atoms with Crippen molar-refractivity contribution in [2.45, 2.75) is 32.7 Å². The second-order valence-corrected chi connectivity index (χ2v) is 3.76. The minimum Gasteiger partial charge on any atom is -0.464 e. The summed E-state index contributed by atoms with van der Waals surface area (Å²) in [5.74, 6) is -1.07. The number of hydrogen-bond acceptors (Lipinski definition) is 5. The zero-order valence-electron chi connectivity index (χ0n) is 10.4. The molecule has 0 aliphatic heterocycles. The van der Waals surface area contributed by atoms with Crippen LogP contribution in [0.2, 0.25) is 0 Å². The standard InChI is InChI=1S/C11H22N2O4/c1-3-8(5-6-14)7-13-10(15)9(12)11(16)17-4-2/h8-9,14H,3-7,12H2,1-2H3,(H,13,15). The molecule has 0 aromatic heterocycles. The highest BCUT2D eigenvalue weighted by atomic mass is 16.5. The number of rotatable bonds is 8. The van der Waals surface area contributed by atoms with Crippen LogP contribution in [0.3, 0.4) is 0 Å². The molecule has 0 radical (unpaired) electrons. The molecular formula is C11H22N2O4. The average Bonchev–Trinajstić information content (AvgIpc) is 2.33. The van der Waals surface area contributed by atoms with Gasteiger partial charge in [-0.25, -0.2) is 4.79 Å². The third kappa shape index (κ3) is 6.23. The van der Waals surface area contributed by atoms with Crippen LogP contribution in [0, 0.1) is 5.92 Å². The van der Waals surface area contributed by atoms with Crippen LogP contribution in [-0.4, -0.2) is 42.8 Å². The molecule has 0 aliphatic carbocycles. The van der Waals surface area contributed by atoms with Crippen LogP contribution in [0.25, 0.3) is 0 Å². The third-order valence-corrected chi connectivity index (χ3v) is 2.50. The van der Waals surface area contributed by atoms with Gasteiger partial charge in [0.1, 0.15) is 0 Å². The molecular weight excluding hydrogens is 224 g/mol. The number of esters is 1. The molecule has 0 spiro atoms. The summed E-state index contributed by atoms with van der Waals surface area (Å²) in [5, 5.41) is 11.4. The van der Waals surface area contributed by atoms with E-state index in [0.717, 1.165) is 6.42 Å². The van der Waals surface area contributed by atoms with Crippen LogP contribution in [0.1, 0.15) is 26.7 Å². The molecule has 1 amide bonds. The van der Waals surface area contributed by atoms with Crippen LogP contribution < -0.4 is 11.1 Å². The van der Waals surface area contributed by atoms with Crippen LogP contribution in [0.15, 0.2) is 0 Å². The molecule has 0 rings (SSSR count). The monoisotopic (exact) mass is 246 g/mol. The molecule has 0 heterocycles. The van der Waals surface area contributed by atoms with E-state index in [9.17, 15) is 9.59 Å². The van der Waals surface area contributed by atoms with E-state index in [-0.39, 0.29) is 19.1 Å². The Bertz CT molecular complexity index is 246. The molecule has 0 aliphatic rings. The predicted molar refractivity (Wildman–Crippen MR) is 63.1 cm³/mol. The van der Waals surface area contributed by atoms with Gasteiger partial charge in [0.05, 0.1) is 6.61 Å². The van der Waals surface area contributed by atoms with Gasteiger partial charge >= 0.3 is 5.97 Å². The van der Waals surface area contributed by atoms with E-state index in [1.165, 1.54) is 0 Å². The Balaban J connectivity index is 4.03. The van der Waals surface area contributed by atoms with Crippen molar-refractivity contribution in [3.63, 3.8) is 0 Å². The number of hydrogen-bond donors (Lipinski definition) is 3. The van der Waals surface area contributed by atoms with E-state index in [1.54, 1.807) is 6.92 Å². The van der Waals surface area contributed by atoms with Crippen molar-refractivity contribution < 1.29 is 19.4 Å². The molecule has 6 nitrogen and oxygen atoms in total. The van der Waals surface area contributed by atoms with E-state index in [0.29, 0.717) is 13.0 Å². The van der Waals surface area contributed by atoms with E-state index in [4.69, 9.17) is 10.8 Å². The molecule has 0 fully saturated rings. The summed E-state index contributed by atoms with van der Waals surface area (Å²) in [7, 11) is 0. The highest BCUT2D eigenvalue weighted by Gasteiger charge is 2.23. The number of aliphatic hydroxyl groups is 1. The maximum atomic E-state index is 11.5. The Labute approximate surface area is 102 Å². The van der Waals surface area contributed by atoms with Crippen LogP contribution >= 0.6 is 0 Å². The smallest absolute Gasteiger partial charge is 0.332 e. The van der Waals surface area contributed by atoms with Crippen LogP contribution in [-0.2, 0) is 14.3 Å². The van der Waals surface area contributed by atoms with Gasteiger partial charge in [-0.05, 0) is 19.3 Å². The fraction of sp³-hybridized carbons (Fsp3) is 0.818. The maximum absolute atomic E-state index is 11.5. The van der Waals surface area contributed by atoms with Crippen LogP contribution in [0.4, 0.5) is 0 Å². The number of ether oxygens (including phenoxy) is 1. The minimum absolute atomic E-state index is 0.0817. The van der Waals surface area contributed by atoms with Gasteiger partial charge in [-0.1, -0.05) is 13.3 Å². The molecule has 0 aromatic rings. The maximum Gasteiger partial charge on any atom is 0.332 e. The molecule has 0 saturated heterocycles. The zero-order valence-corrected chi connectivity index (χ0v) is 10.4. The molecule has 0 bridgehead atoms. The van der Waals surface area contributed by atoms with Gasteiger partial charge in [0.15, 0.2) is 6.04 Å². The number of carbonyl (C=O) groups excluding carboxylic acids is 2. The summed E-state index contributed by atoms with van der Waals surface area (Å²) in [6, 6.07) is -1.28. The van der Waals surface area contributed by atoms with Gasteiger partial charge in [0, 0.05) is 13.2 Å². The van der Waals surface area contributed by atoms with E-state index >= 15 is 0 Å². The summed E-state index contributed by atoms with van der Waals surface area (Å²) >= 11 is 0. The Morgan fingerprint density at radius 1 is 1.41 bits per heavy atom. The minimum atomic E-state index is -1.28. The fourth-order valence-electron chi connectivity index (χ4n) is 1.33. The normalized spacial score (nSPS) is 13.9. The zero-order chi connectivity index (χ0) is 13.3. The lowest BCUT2D eigenvalue weighted by molar-refractivity contribution is -0.148. The lowest BCUT2D eigenvalue weighted by Crippen LogP contribution is -2.48. The van der Waals surface area contributed by atoms with E-state index < -0.39 is 17.9 Å². The summed E-state index contributed by atoms with van der Waals surface area (Å²) in [4.78, 5) is 22.7. The lowest BCUT2D eigenvalue weighted by Gasteiger charge is -2.16. The molecule has 17 heavy (non-hydrogen) atoms. The van der Waals surface area contributed by atoms with Gasteiger partial charge in [0.2, 0.25) is 5.91 Å². The largest absolute Gasteiger partial charge is 0.464 e. The van der Waals surface area contributed by atoms with Crippen molar-refractivity contribution in [3.8, 4) is 0 Å². The quantitative estimate of drug-likeness (QED) is 0.392. The highest BCUT2D eigenvalue weighted by molar-refractivity contribution is 6.01. The molecule has 2 unspecified atom stereocenters. The molecule has 6 heteroatoms. The van der Waals surface area contributed by atoms with Gasteiger partial charge in [-0.2, -0.15) is 0 Å². The van der Waals surface area contributed by atoms with Crippen molar-refractivity contribution in [1.29, 1.82) is 0 Å². The summed E-state index contributed by atoms with van der Waals surface area (Å²) in [6.07, 6.45) is 1.46. The fourth-order valence-corrected chi connectivity index (χ4v) is 1.33. The Kier molecular flexibility index (Phi) is 8.35. The molecule has 4 N–H and O–H groups in total. The number of nitrogens with two attached hydrogens (primary N) is 1. The van der Waals surface area contributed by atoms with Crippen molar-refractivity contribution in [3.05, 3.63) is 0 Å². The van der Waals surface area contributed by atoms with Gasteiger partial charge in [-0.15, -0.1) is 0 Å². The van der Waals surface area contributed by atoms with E-state index in [2.05, 4.69) is 10.1 Å². The number of nitrogens with one attached hydrogen (secondary N) is 1. The summed E-state index contributed by atoms with van der Waals surface area (Å²) in [5.41, 5.74) is 5.41. The van der Waals surface area contributed by atoms with Crippen LogP contribution in [0.5, 0.6) is 0 Å². The average molecular weight is 246 g/mol. The number of amides is 1. The Morgan fingerprint density at radius 2 is 2.06 bits per heavy atom. The first-order chi connectivity index (χ1) is 8.06. The highest BCUT2D eigenvalue weighted by Crippen LogP contribution is 2.05. The Morgan fingerprint density at radius 3 is 2.53 bits per heavy atom. The second kappa shape index (κ2) is 8.95. The molecule has 100 valence electrons. The van der Waals surface area contributed by atoms with Crippen molar-refractivity contribution in [2.75, 3.05) is 19.8 Å².